The van der Waals surface area contributed by atoms with E-state index in [1.165, 1.54) is 16.5 Å². The van der Waals surface area contributed by atoms with Gasteiger partial charge in [-0.15, -0.1) is 12.4 Å². The van der Waals surface area contributed by atoms with Crippen molar-refractivity contribution in [2.24, 2.45) is 0 Å². The molecular formula is C17H24ClNO7S. The maximum atomic E-state index is 11.3. The van der Waals surface area contributed by atoms with Gasteiger partial charge < -0.3 is 14.8 Å². The smallest absolute Gasteiger partial charge is 0.394 e. The van der Waals surface area contributed by atoms with Crippen LogP contribution in [-0.4, -0.2) is 40.2 Å². The fourth-order valence-corrected chi connectivity index (χ4v) is 3.49. The predicted molar refractivity (Wildman–Crippen MR) is 103 cm³/mol. The molecule has 8 nitrogen and oxygen atoms in total. The van der Waals surface area contributed by atoms with Gasteiger partial charge in [0.05, 0.1) is 18.7 Å². The first-order valence-corrected chi connectivity index (χ1v) is 9.69. The number of aromatic amines is 1. The first kappa shape index (κ1) is 23.4. The molecular weight excluding hydrogens is 398 g/mol. The molecule has 2 aromatic rings. The summed E-state index contributed by atoms with van der Waals surface area (Å²) in [5.74, 6) is -0.820. The van der Waals surface area contributed by atoms with Gasteiger partial charge in [-0.25, -0.2) is 0 Å². The number of benzene rings is 1. The number of hydrogen-bond donors (Lipinski definition) is 4. The van der Waals surface area contributed by atoms with Crippen molar-refractivity contribution < 1.29 is 32.2 Å². The minimum absolute atomic E-state index is 0. The number of carboxylic acids is 1. The summed E-state index contributed by atoms with van der Waals surface area (Å²) in [6.45, 7) is 4.71. The maximum absolute atomic E-state index is 11.3. The Morgan fingerprint density at radius 1 is 1.30 bits per heavy atom. The average Bonchev–Trinajstić information content (AvgIpc) is 2.93. The van der Waals surface area contributed by atoms with E-state index in [-0.39, 0.29) is 18.8 Å². The Bertz CT molecular complexity index is 901. The van der Waals surface area contributed by atoms with Crippen LogP contribution in [-0.2, 0) is 38.4 Å². The normalized spacial score (nSPS) is 18.8. The monoisotopic (exact) mass is 421 g/mol. The molecule has 0 amide bonds. The topological polar surface area (TPSA) is 137 Å². The Morgan fingerprint density at radius 2 is 1.93 bits per heavy atom. The Labute approximate surface area is 163 Å². The van der Waals surface area contributed by atoms with Gasteiger partial charge in [-0.2, -0.15) is 8.42 Å². The molecule has 0 radical (unpaired) electrons. The van der Waals surface area contributed by atoms with E-state index in [1.54, 1.807) is 0 Å². The summed E-state index contributed by atoms with van der Waals surface area (Å²) in [6, 6.07) is 6.32. The first-order chi connectivity index (χ1) is 12.1. The van der Waals surface area contributed by atoms with Gasteiger partial charge in [0, 0.05) is 10.9 Å². The quantitative estimate of drug-likeness (QED) is 0.556. The molecule has 4 N–H and O–H groups in total. The zero-order valence-corrected chi connectivity index (χ0v) is 16.7. The third-order valence-corrected chi connectivity index (χ3v) is 4.60. The Kier molecular flexibility index (Phi) is 7.82. The van der Waals surface area contributed by atoms with Gasteiger partial charge in [0.25, 0.3) is 0 Å². The molecule has 1 aliphatic heterocycles. The second-order valence-electron chi connectivity index (χ2n) is 6.14. The van der Waals surface area contributed by atoms with Crippen LogP contribution in [0.3, 0.4) is 0 Å². The van der Waals surface area contributed by atoms with Crippen molar-refractivity contribution in [1.29, 1.82) is 0 Å². The van der Waals surface area contributed by atoms with Crippen molar-refractivity contribution in [2.45, 2.75) is 45.1 Å². The minimum Gasteiger partial charge on any atom is -0.481 e. The molecule has 1 atom stereocenters. The molecule has 2 heterocycles. The molecule has 0 spiro atoms. The summed E-state index contributed by atoms with van der Waals surface area (Å²) in [5.41, 5.74) is 3.88. The maximum Gasteiger partial charge on any atom is 0.394 e. The Hall–Kier alpha value is -1.65. The minimum atomic E-state index is -4.67. The number of H-pyrrole nitrogens is 1. The van der Waals surface area contributed by atoms with Crippen LogP contribution in [0.15, 0.2) is 18.2 Å². The molecule has 1 aliphatic rings. The lowest BCUT2D eigenvalue weighted by Gasteiger charge is -2.35. The molecule has 1 unspecified atom stereocenters. The number of carboxylic acid groups (broad SMARTS) is 1. The summed E-state index contributed by atoms with van der Waals surface area (Å²) < 4.78 is 37.5. The summed E-state index contributed by atoms with van der Waals surface area (Å²) in [5, 5.41) is 10.5. The molecule has 0 bridgehead atoms. The van der Waals surface area contributed by atoms with E-state index in [4.69, 9.17) is 22.3 Å². The lowest BCUT2D eigenvalue weighted by atomic mass is 9.86. The van der Waals surface area contributed by atoms with E-state index in [0.29, 0.717) is 13.0 Å². The van der Waals surface area contributed by atoms with Crippen LogP contribution in [0.1, 0.15) is 43.5 Å². The molecule has 1 aromatic heterocycles. The van der Waals surface area contributed by atoms with Crippen molar-refractivity contribution >= 4 is 39.7 Å². The number of halogens is 1. The largest absolute Gasteiger partial charge is 0.481 e. The van der Waals surface area contributed by atoms with Crippen molar-refractivity contribution in [1.82, 2.24) is 4.98 Å². The van der Waals surface area contributed by atoms with E-state index in [1.807, 2.05) is 6.92 Å². The zero-order chi connectivity index (χ0) is 19.5. The Balaban J connectivity index is 0.000000542. The standard InChI is InChI=1S/C17H21NO3.ClH.H2O4S/c1-3-11-6-5-7-12-13-8-9-21-17(4-2,10-14(19)20)16(13)18-15(11)12;;1-5(2,3)4/h5-7,18H,3-4,8-10H2,1-2H3,(H,19,20);1H;(H2,1,2,3,4). The number of aromatic nitrogens is 1. The molecule has 0 aliphatic carbocycles. The molecule has 3 rings (SSSR count). The van der Waals surface area contributed by atoms with Gasteiger partial charge in [-0.3, -0.25) is 13.9 Å². The van der Waals surface area contributed by atoms with Crippen molar-refractivity contribution in [2.75, 3.05) is 6.61 Å². The predicted octanol–water partition coefficient (Wildman–Crippen LogP) is 3.15. The summed E-state index contributed by atoms with van der Waals surface area (Å²) in [6.07, 6.45) is 2.45. The number of carbonyl (C=O) groups is 1. The molecule has 27 heavy (non-hydrogen) atoms. The number of rotatable bonds is 4. The second-order valence-corrected chi connectivity index (χ2v) is 7.03. The van der Waals surface area contributed by atoms with Crippen LogP contribution in [0.2, 0.25) is 0 Å². The highest BCUT2D eigenvalue weighted by Gasteiger charge is 2.40. The van der Waals surface area contributed by atoms with E-state index in [0.717, 1.165) is 24.1 Å². The number of aliphatic carboxylic acids is 1. The highest BCUT2D eigenvalue weighted by atomic mass is 35.5. The molecule has 0 fully saturated rings. The van der Waals surface area contributed by atoms with Gasteiger partial charge in [0.1, 0.15) is 5.60 Å². The van der Waals surface area contributed by atoms with E-state index >= 15 is 0 Å². The molecule has 0 saturated carbocycles. The lowest BCUT2D eigenvalue weighted by Crippen LogP contribution is -2.37. The summed E-state index contributed by atoms with van der Waals surface area (Å²) in [7, 11) is -4.67. The first-order valence-electron chi connectivity index (χ1n) is 8.30. The van der Waals surface area contributed by atoms with Gasteiger partial charge in [0.15, 0.2) is 0 Å². The highest BCUT2D eigenvalue weighted by Crippen LogP contribution is 2.42. The third kappa shape index (κ3) is 5.43. The van der Waals surface area contributed by atoms with Crippen molar-refractivity contribution in [3.63, 3.8) is 0 Å². The molecule has 1 aromatic carbocycles. The molecule has 10 heteroatoms. The third-order valence-electron chi connectivity index (χ3n) is 4.60. The van der Waals surface area contributed by atoms with Crippen LogP contribution in [0.4, 0.5) is 0 Å². The van der Waals surface area contributed by atoms with Crippen molar-refractivity contribution in [3.05, 3.63) is 35.0 Å². The van der Waals surface area contributed by atoms with Crippen LogP contribution in [0.5, 0.6) is 0 Å². The Morgan fingerprint density at radius 3 is 2.44 bits per heavy atom. The van der Waals surface area contributed by atoms with E-state index in [2.05, 4.69) is 30.1 Å². The van der Waals surface area contributed by atoms with Gasteiger partial charge in [-0.1, -0.05) is 32.0 Å². The van der Waals surface area contributed by atoms with Gasteiger partial charge >= 0.3 is 16.4 Å². The van der Waals surface area contributed by atoms with Crippen LogP contribution >= 0.6 is 12.4 Å². The van der Waals surface area contributed by atoms with Gasteiger partial charge in [0.2, 0.25) is 0 Å². The van der Waals surface area contributed by atoms with E-state index < -0.39 is 22.0 Å². The van der Waals surface area contributed by atoms with Gasteiger partial charge in [-0.05, 0) is 30.4 Å². The summed E-state index contributed by atoms with van der Waals surface area (Å²) >= 11 is 0. The number of hydrogen-bond acceptors (Lipinski definition) is 4. The van der Waals surface area contributed by atoms with Crippen molar-refractivity contribution in [3.8, 4) is 0 Å². The average molecular weight is 422 g/mol. The SMILES string of the molecule is CCc1cccc2c3c([nH]c12)C(CC)(CC(=O)O)OCC3.Cl.O=S(=O)(O)O. The van der Waals surface area contributed by atoms with E-state index in [9.17, 15) is 9.90 Å². The number of aryl methyl sites for hydroxylation is 1. The zero-order valence-electron chi connectivity index (χ0n) is 15.1. The number of ether oxygens (including phenoxy) is 1. The number of para-hydroxylation sites is 1. The van der Waals surface area contributed by atoms with Crippen LogP contribution in [0, 0.1) is 0 Å². The number of fused-ring (bicyclic) bond motifs is 3. The van der Waals surface area contributed by atoms with Crippen LogP contribution in [0.25, 0.3) is 10.9 Å². The fraction of sp³-hybridized carbons (Fsp3) is 0.471. The fourth-order valence-electron chi connectivity index (χ4n) is 3.49. The highest BCUT2D eigenvalue weighted by molar-refractivity contribution is 7.79. The number of nitrogens with one attached hydrogen (secondary N) is 1. The lowest BCUT2D eigenvalue weighted by molar-refractivity contribution is -0.148. The summed E-state index contributed by atoms with van der Waals surface area (Å²) in [4.78, 5) is 14.8. The molecule has 152 valence electrons. The molecule has 0 saturated heterocycles. The second kappa shape index (κ2) is 9.03. The van der Waals surface area contributed by atoms with Crippen LogP contribution < -0.4 is 0 Å².